The molecule has 1 heterocycles. The van der Waals surface area contributed by atoms with Crippen LogP contribution < -0.4 is 15.9 Å². The molecule has 10 heteroatoms. The molecule has 1 aromatic carbocycles. The van der Waals surface area contributed by atoms with Crippen LogP contribution in [0.25, 0.3) is 0 Å². The van der Waals surface area contributed by atoms with Gasteiger partial charge < -0.3 is 9.72 Å². The van der Waals surface area contributed by atoms with E-state index in [4.69, 9.17) is 4.74 Å². The third-order valence-corrected chi connectivity index (χ3v) is 3.13. The monoisotopic (exact) mass is 359 g/mol. The number of nitrogens with zero attached hydrogens (tertiary/aromatic N) is 3. The molecule has 26 heavy (non-hydrogen) atoms. The van der Waals surface area contributed by atoms with Crippen LogP contribution in [-0.2, 0) is 0 Å². The molecule has 10 nitrogen and oxygen atoms in total. The Morgan fingerprint density at radius 2 is 2.23 bits per heavy atom. The van der Waals surface area contributed by atoms with Gasteiger partial charge in [0, 0.05) is 17.3 Å². The predicted octanol–water partition coefficient (Wildman–Crippen LogP) is 1.54. The van der Waals surface area contributed by atoms with Crippen LogP contribution in [-0.4, -0.2) is 33.6 Å². The van der Waals surface area contributed by atoms with E-state index in [1.165, 1.54) is 24.4 Å². The standard InChI is InChI=1S/C16H17N5O5/c1-3-6-26-14-5-4-11(8-13(14)21(24)25)9-17-20-15(22)12-7-10(2)18-16(23)19-12/h4-5,7-9H,3,6H2,1-2H3,(H,20,22)(H,18,19,23)/b17-9+. The quantitative estimate of drug-likeness (QED) is 0.436. The summed E-state index contributed by atoms with van der Waals surface area (Å²) in [6.07, 6.45) is 1.97. The first-order chi connectivity index (χ1) is 12.4. The van der Waals surface area contributed by atoms with E-state index in [9.17, 15) is 19.7 Å². The molecule has 0 unspecified atom stereocenters. The van der Waals surface area contributed by atoms with Crippen molar-refractivity contribution in [1.82, 2.24) is 15.4 Å². The smallest absolute Gasteiger partial charge is 0.345 e. The summed E-state index contributed by atoms with van der Waals surface area (Å²) in [6, 6.07) is 5.73. The molecule has 0 saturated heterocycles. The summed E-state index contributed by atoms with van der Waals surface area (Å²) in [7, 11) is 0. The Labute approximate surface area is 148 Å². The lowest BCUT2D eigenvalue weighted by Gasteiger charge is -2.05. The van der Waals surface area contributed by atoms with Gasteiger partial charge in [-0.15, -0.1) is 0 Å². The Morgan fingerprint density at radius 1 is 1.46 bits per heavy atom. The highest BCUT2D eigenvalue weighted by atomic mass is 16.6. The van der Waals surface area contributed by atoms with Crippen LogP contribution in [0.3, 0.4) is 0 Å². The molecule has 1 amide bonds. The molecule has 0 spiro atoms. The summed E-state index contributed by atoms with van der Waals surface area (Å²) >= 11 is 0. The van der Waals surface area contributed by atoms with E-state index in [0.29, 0.717) is 17.9 Å². The molecule has 136 valence electrons. The minimum Gasteiger partial charge on any atom is -0.487 e. The Bertz CT molecular complexity index is 906. The van der Waals surface area contributed by atoms with Crippen molar-refractivity contribution >= 4 is 17.8 Å². The molecule has 0 bridgehead atoms. The third kappa shape index (κ3) is 4.97. The highest BCUT2D eigenvalue weighted by Gasteiger charge is 2.15. The van der Waals surface area contributed by atoms with Crippen molar-refractivity contribution in [2.24, 2.45) is 5.10 Å². The average molecular weight is 359 g/mol. The van der Waals surface area contributed by atoms with E-state index in [1.54, 1.807) is 13.0 Å². The van der Waals surface area contributed by atoms with Crippen molar-refractivity contribution in [2.45, 2.75) is 20.3 Å². The van der Waals surface area contributed by atoms with Crippen LogP contribution in [0.15, 0.2) is 34.2 Å². The number of aryl methyl sites for hydroxylation is 1. The van der Waals surface area contributed by atoms with Gasteiger partial charge in [-0.25, -0.2) is 10.2 Å². The maximum atomic E-state index is 11.9. The van der Waals surface area contributed by atoms with Gasteiger partial charge in [0.2, 0.25) is 0 Å². The van der Waals surface area contributed by atoms with Crippen LogP contribution in [0.2, 0.25) is 0 Å². The summed E-state index contributed by atoms with van der Waals surface area (Å²) in [5.41, 5.74) is 2.18. The Hall–Kier alpha value is -3.56. The Kier molecular flexibility index (Phi) is 6.15. The van der Waals surface area contributed by atoms with Crippen molar-refractivity contribution in [1.29, 1.82) is 0 Å². The number of H-pyrrole nitrogens is 1. The first-order valence-corrected chi connectivity index (χ1v) is 7.73. The topological polar surface area (TPSA) is 140 Å². The molecule has 0 atom stereocenters. The number of nitrogens with one attached hydrogen (secondary N) is 2. The highest BCUT2D eigenvalue weighted by molar-refractivity contribution is 5.93. The molecular weight excluding hydrogens is 342 g/mol. The van der Waals surface area contributed by atoms with Crippen LogP contribution in [0.5, 0.6) is 5.75 Å². The largest absolute Gasteiger partial charge is 0.487 e. The third-order valence-electron chi connectivity index (χ3n) is 3.13. The number of rotatable bonds is 7. The van der Waals surface area contributed by atoms with Crippen LogP contribution in [0.4, 0.5) is 5.69 Å². The minimum atomic E-state index is -0.673. The molecule has 0 aliphatic heterocycles. The fourth-order valence-electron chi connectivity index (χ4n) is 2.01. The van der Waals surface area contributed by atoms with E-state index in [1.807, 2.05) is 6.92 Å². The van der Waals surface area contributed by atoms with Gasteiger partial charge >= 0.3 is 11.4 Å². The van der Waals surface area contributed by atoms with Gasteiger partial charge in [-0.05, 0) is 31.5 Å². The highest BCUT2D eigenvalue weighted by Crippen LogP contribution is 2.27. The molecule has 0 aliphatic carbocycles. The van der Waals surface area contributed by atoms with E-state index < -0.39 is 16.5 Å². The maximum Gasteiger partial charge on any atom is 0.345 e. The Balaban J connectivity index is 2.12. The number of aromatic amines is 1. The lowest BCUT2D eigenvalue weighted by Crippen LogP contribution is -2.24. The first kappa shape index (κ1) is 18.8. The summed E-state index contributed by atoms with van der Waals surface area (Å²) in [4.78, 5) is 39.7. The van der Waals surface area contributed by atoms with Gasteiger partial charge in [-0.2, -0.15) is 10.1 Å². The Morgan fingerprint density at radius 3 is 2.88 bits per heavy atom. The van der Waals surface area contributed by atoms with Gasteiger partial charge in [0.25, 0.3) is 5.91 Å². The number of hydrogen-bond acceptors (Lipinski definition) is 7. The molecular formula is C16H17N5O5. The zero-order valence-corrected chi connectivity index (χ0v) is 14.2. The average Bonchev–Trinajstić information content (AvgIpc) is 2.59. The molecule has 1 aromatic heterocycles. The second-order valence-corrected chi connectivity index (χ2v) is 5.29. The zero-order valence-electron chi connectivity index (χ0n) is 14.2. The fraction of sp³-hybridized carbons (Fsp3) is 0.250. The van der Waals surface area contributed by atoms with Gasteiger partial charge in [-0.3, -0.25) is 14.9 Å². The summed E-state index contributed by atoms with van der Waals surface area (Å²) in [5.74, 6) is -0.505. The van der Waals surface area contributed by atoms with Crippen molar-refractivity contribution in [2.75, 3.05) is 6.61 Å². The van der Waals surface area contributed by atoms with Gasteiger partial charge in [0.15, 0.2) is 5.75 Å². The van der Waals surface area contributed by atoms with E-state index in [-0.39, 0.29) is 17.1 Å². The number of amides is 1. The second kappa shape index (κ2) is 8.51. The maximum absolute atomic E-state index is 11.9. The molecule has 0 aliphatic rings. The lowest BCUT2D eigenvalue weighted by molar-refractivity contribution is -0.385. The molecule has 2 N–H and O–H groups in total. The van der Waals surface area contributed by atoms with Crippen LogP contribution in [0, 0.1) is 17.0 Å². The number of ether oxygens (including phenoxy) is 1. The number of benzene rings is 1. The number of hydrazone groups is 1. The second-order valence-electron chi connectivity index (χ2n) is 5.29. The van der Waals surface area contributed by atoms with Crippen LogP contribution >= 0.6 is 0 Å². The number of nitro benzene ring substituents is 1. The first-order valence-electron chi connectivity index (χ1n) is 7.73. The fourth-order valence-corrected chi connectivity index (χ4v) is 2.01. The summed E-state index contributed by atoms with van der Waals surface area (Å²) < 4.78 is 5.33. The summed E-state index contributed by atoms with van der Waals surface area (Å²) in [5, 5.41) is 14.9. The number of nitro groups is 1. The molecule has 0 fully saturated rings. The van der Waals surface area contributed by atoms with E-state index >= 15 is 0 Å². The van der Waals surface area contributed by atoms with Gasteiger partial charge in [0.1, 0.15) is 5.69 Å². The molecule has 2 rings (SSSR count). The molecule has 0 radical (unpaired) electrons. The van der Waals surface area contributed by atoms with Gasteiger partial charge in [0.05, 0.1) is 17.7 Å². The lowest BCUT2D eigenvalue weighted by atomic mass is 10.2. The van der Waals surface area contributed by atoms with Crippen molar-refractivity contribution < 1.29 is 14.5 Å². The zero-order chi connectivity index (χ0) is 19.1. The van der Waals surface area contributed by atoms with E-state index in [2.05, 4.69) is 20.5 Å². The number of hydrogen-bond donors (Lipinski definition) is 2. The van der Waals surface area contributed by atoms with Crippen LogP contribution in [0.1, 0.15) is 35.1 Å². The predicted molar refractivity (Wildman–Crippen MR) is 93.5 cm³/mol. The van der Waals surface area contributed by atoms with Crippen molar-refractivity contribution in [3.63, 3.8) is 0 Å². The van der Waals surface area contributed by atoms with E-state index in [0.717, 1.165) is 6.42 Å². The minimum absolute atomic E-state index is 0.0855. The van der Waals surface area contributed by atoms with Crippen molar-refractivity contribution in [3.8, 4) is 5.75 Å². The van der Waals surface area contributed by atoms with Gasteiger partial charge in [-0.1, -0.05) is 6.92 Å². The number of aromatic nitrogens is 2. The molecule has 0 saturated carbocycles. The SMILES string of the molecule is CCCOc1ccc(/C=N/NC(=O)c2cc(C)[nH]c(=O)n2)cc1[N+](=O)[O-]. The van der Waals surface area contributed by atoms with Crippen molar-refractivity contribution in [3.05, 3.63) is 61.8 Å². The number of carbonyl (C=O) groups is 1. The summed E-state index contributed by atoms with van der Waals surface area (Å²) in [6.45, 7) is 3.88. The number of carbonyl (C=O) groups excluding carboxylic acids is 1. The normalized spacial score (nSPS) is 10.7. The molecule has 2 aromatic rings.